The second-order valence-corrected chi connectivity index (χ2v) is 7.06. The van der Waals surface area contributed by atoms with Crippen molar-refractivity contribution in [1.82, 2.24) is 0 Å². The Balaban J connectivity index is 1.57. The van der Waals surface area contributed by atoms with Crippen molar-refractivity contribution in [3.8, 4) is 23.0 Å². The lowest BCUT2D eigenvalue weighted by atomic mass is 9.85. The molecular formula is C22H26O6. The van der Waals surface area contributed by atoms with Gasteiger partial charge in [-0.3, -0.25) is 0 Å². The first-order valence-electron chi connectivity index (χ1n) is 9.37. The topological polar surface area (TPSA) is 55.4 Å². The molecule has 0 amide bonds. The highest BCUT2D eigenvalue weighted by molar-refractivity contribution is 5.45. The summed E-state index contributed by atoms with van der Waals surface area (Å²) < 4.78 is 34.0. The fourth-order valence-electron chi connectivity index (χ4n) is 4.29. The van der Waals surface area contributed by atoms with Crippen molar-refractivity contribution in [3.63, 3.8) is 0 Å². The van der Waals surface area contributed by atoms with Crippen LogP contribution in [0.5, 0.6) is 23.0 Å². The van der Waals surface area contributed by atoms with Crippen LogP contribution in [-0.4, -0.2) is 41.7 Å². The van der Waals surface area contributed by atoms with Crippen LogP contribution in [0.3, 0.4) is 0 Å². The van der Waals surface area contributed by atoms with Gasteiger partial charge in [-0.15, -0.1) is 0 Å². The van der Waals surface area contributed by atoms with Gasteiger partial charge in [-0.2, -0.15) is 0 Å². The average Bonchev–Trinajstić information content (AvgIpc) is 3.35. The van der Waals surface area contributed by atoms with Crippen molar-refractivity contribution < 1.29 is 28.4 Å². The normalized spacial score (nSPS) is 26.0. The number of rotatable bonds is 6. The molecule has 2 fully saturated rings. The molecule has 2 saturated heterocycles. The van der Waals surface area contributed by atoms with Gasteiger partial charge in [0.1, 0.15) is 0 Å². The van der Waals surface area contributed by atoms with Crippen molar-refractivity contribution in [2.24, 2.45) is 11.8 Å². The van der Waals surface area contributed by atoms with Crippen LogP contribution in [0.4, 0.5) is 0 Å². The van der Waals surface area contributed by atoms with Gasteiger partial charge in [0.25, 0.3) is 0 Å². The van der Waals surface area contributed by atoms with Gasteiger partial charge >= 0.3 is 0 Å². The van der Waals surface area contributed by atoms with E-state index < -0.39 is 0 Å². The zero-order valence-electron chi connectivity index (χ0n) is 16.6. The maximum atomic E-state index is 6.20. The molecule has 2 aromatic rings. The van der Waals surface area contributed by atoms with E-state index in [9.17, 15) is 0 Å². The van der Waals surface area contributed by atoms with Gasteiger partial charge in [0, 0.05) is 11.8 Å². The quantitative estimate of drug-likeness (QED) is 0.753. The van der Waals surface area contributed by atoms with Crippen molar-refractivity contribution in [3.05, 3.63) is 47.5 Å². The molecule has 0 bridgehead atoms. The Morgan fingerprint density at radius 2 is 1.00 bits per heavy atom. The third-order valence-electron chi connectivity index (χ3n) is 5.74. The molecule has 0 spiro atoms. The predicted molar refractivity (Wildman–Crippen MR) is 103 cm³/mol. The lowest BCUT2D eigenvalue weighted by Gasteiger charge is -2.18. The molecule has 4 atom stereocenters. The first-order chi connectivity index (χ1) is 13.7. The van der Waals surface area contributed by atoms with Gasteiger partial charge in [0.2, 0.25) is 0 Å². The molecule has 4 rings (SSSR count). The highest BCUT2D eigenvalue weighted by Gasteiger charge is 2.48. The summed E-state index contributed by atoms with van der Waals surface area (Å²) in [5, 5.41) is 0. The summed E-state index contributed by atoms with van der Waals surface area (Å²) in [7, 11) is 6.56. The van der Waals surface area contributed by atoms with E-state index in [1.54, 1.807) is 28.4 Å². The van der Waals surface area contributed by atoms with Crippen molar-refractivity contribution in [2.75, 3.05) is 41.7 Å². The highest BCUT2D eigenvalue weighted by Crippen LogP contribution is 2.51. The van der Waals surface area contributed by atoms with E-state index in [0.29, 0.717) is 36.2 Å². The molecule has 6 heteroatoms. The van der Waals surface area contributed by atoms with E-state index in [2.05, 4.69) is 0 Å². The molecule has 6 nitrogen and oxygen atoms in total. The molecule has 28 heavy (non-hydrogen) atoms. The molecule has 2 heterocycles. The Labute approximate surface area is 165 Å². The molecule has 150 valence electrons. The van der Waals surface area contributed by atoms with Crippen LogP contribution in [0.2, 0.25) is 0 Å². The van der Waals surface area contributed by atoms with Gasteiger partial charge in [0.15, 0.2) is 23.0 Å². The molecule has 2 aliphatic rings. The summed E-state index contributed by atoms with van der Waals surface area (Å²) >= 11 is 0. The number of hydrogen-bond donors (Lipinski definition) is 0. The molecule has 0 N–H and O–H groups in total. The summed E-state index contributed by atoms with van der Waals surface area (Å²) in [6.07, 6.45) is -0.0371. The van der Waals surface area contributed by atoms with Crippen LogP contribution >= 0.6 is 0 Å². The lowest BCUT2D eigenvalue weighted by molar-refractivity contribution is 0.0191. The summed E-state index contributed by atoms with van der Waals surface area (Å²) in [6.45, 7) is 1.31. The summed E-state index contributed by atoms with van der Waals surface area (Å²) in [4.78, 5) is 0. The van der Waals surface area contributed by atoms with E-state index in [4.69, 9.17) is 28.4 Å². The second kappa shape index (κ2) is 7.89. The van der Waals surface area contributed by atoms with E-state index in [0.717, 1.165) is 11.1 Å². The SMILES string of the molecule is COc1ccc([C@@H]2OCC3C2CO[C@H]3c2ccc(OC)c(OC)c2)cc1OC. The van der Waals surface area contributed by atoms with Gasteiger partial charge in [-0.1, -0.05) is 12.1 Å². The lowest BCUT2D eigenvalue weighted by Crippen LogP contribution is -2.14. The van der Waals surface area contributed by atoms with Crippen molar-refractivity contribution >= 4 is 0 Å². The number of fused-ring (bicyclic) bond motifs is 1. The molecule has 0 radical (unpaired) electrons. The monoisotopic (exact) mass is 386 g/mol. The van der Waals surface area contributed by atoms with Gasteiger partial charge in [-0.25, -0.2) is 0 Å². The van der Waals surface area contributed by atoms with E-state index in [1.807, 2.05) is 36.4 Å². The minimum absolute atomic E-state index is 0.0186. The van der Waals surface area contributed by atoms with Crippen LogP contribution in [0.25, 0.3) is 0 Å². The summed E-state index contributed by atoms with van der Waals surface area (Å²) in [6, 6.07) is 11.9. The Kier molecular flexibility index (Phi) is 5.33. The zero-order valence-corrected chi connectivity index (χ0v) is 16.6. The number of benzene rings is 2. The number of hydrogen-bond acceptors (Lipinski definition) is 6. The van der Waals surface area contributed by atoms with Crippen LogP contribution in [0, 0.1) is 11.8 Å². The number of ether oxygens (including phenoxy) is 6. The standard InChI is InChI=1S/C22H26O6/c1-23-17-7-5-13(9-19(17)25-3)21-15-11-28-22(16(15)12-27-21)14-6-8-18(24-2)20(10-14)26-4/h5-10,15-16,21-22H,11-12H2,1-4H3/t15?,16?,21-,22-/m0/s1. The smallest absolute Gasteiger partial charge is 0.161 e. The summed E-state index contributed by atoms with van der Waals surface area (Å²) in [5.74, 6) is 3.43. The second-order valence-electron chi connectivity index (χ2n) is 7.06. The van der Waals surface area contributed by atoms with E-state index in [-0.39, 0.29) is 24.0 Å². The first-order valence-corrected chi connectivity index (χ1v) is 9.37. The Bertz CT molecular complexity index is 766. The van der Waals surface area contributed by atoms with Gasteiger partial charge in [-0.05, 0) is 35.4 Å². The van der Waals surface area contributed by atoms with Crippen LogP contribution < -0.4 is 18.9 Å². The molecular weight excluding hydrogens is 360 g/mol. The maximum absolute atomic E-state index is 6.20. The van der Waals surface area contributed by atoms with E-state index >= 15 is 0 Å². The fraction of sp³-hybridized carbons (Fsp3) is 0.455. The number of methoxy groups -OCH3 is 4. The van der Waals surface area contributed by atoms with Gasteiger partial charge in [0.05, 0.1) is 53.9 Å². The summed E-state index contributed by atoms with van der Waals surface area (Å²) in [5.41, 5.74) is 2.17. The van der Waals surface area contributed by atoms with E-state index in [1.165, 1.54) is 0 Å². The Morgan fingerprint density at radius 3 is 1.36 bits per heavy atom. The van der Waals surface area contributed by atoms with Crippen LogP contribution in [-0.2, 0) is 9.47 Å². The molecule has 2 unspecified atom stereocenters. The first kappa shape index (κ1) is 18.9. The largest absolute Gasteiger partial charge is 0.493 e. The molecule has 0 aromatic heterocycles. The third-order valence-corrected chi connectivity index (χ3v) is 5.74. The minimum Gasteiger partial charge on any atom is -0.493 e. The fourth-order valence-corrected chi connectivity index (χ4v) is 4.29. The molecule has 2 aliphatic heterocycles. The zero-order chi connectivity index (χ0) is 19.7. The highest BCUT2D eigenvalue weighted by atomic mass is 16.5. The third kappa shape index (κ3) is 3.16. The molecule has 0 aliphatic carbocycles. The maximum Gasteiger partial charge on any atom is 0.161 e. The predicted octanol–water partition coefficient (Wildman–Crippen LogP) is 3.80. The molecule has 2 aromatic carbocycles. The Hall–Kier alpha value is -2.44. The van der Waals surface area contributed by atoms with Crippen LogP contribution in [0.1, 0.15) is 23.3 Å². The molecule has 0 saturated carbocycles. The average molecular weight is 386 g/mol. The van der Waals surface area contributed by atoms with Crippen LogP contribution in [0.15, 0.2) is 36.4 Å². The van der Waals surface area contributed by atoms with Crippen molar-refractivity contribution in [1.29, 1.82) is 0 Å². The minimum atomic E-state index is -0.0186. The Morgan fingerprint density at radius 1 is 0.607 bits per heavy atom. The van der Waals surface area contributed by atoms with Crippen molar-refractivity contribution in [2.45, 2.75) is 12.2 Å². The van der Waals surface area contributed by atoms with Gasteiger partial charge < -0.3 is 28.4 Å².